The minimum absolute atomic E-state index is 0.111. The van der Waals surface area contributed by atoms with E-state index in [1.807, 2.05) is 0 Å². The van der Waals surface area contributed by atoms with Crippen molar-refractivity contribution >= 4 is 23.1 Å². The van der Waals surface area contributed by atoms with E-state index in [9.17, 15) is 31.1 Å². The van der Waals surface area contributed by atoms with Crippen molar-refractivity contribution in [1.82, 2.24) is 20.0 Å². The molecule has 1 aromatic carbocycles. The smallest absolute Gasteiger partial charge is 0.434 e. The van der Waals surface area contributed by atoms with E-state index in [1.165, 1.54) is 4.90 Å². The van der Waals surface area contributed by atoms with Crippen LogP contribution in [0, 0.1) is 6.92 Å². The quantitative estimate of drug-likeness (QED) is 0.323. The monoisotopic (exact) mass is 573 g/mol. The SMILES string of the molecule is Cc1nc(C2CCN(C(=O)c3cc(C(N)=S)c(OCc4ccc(C(F)(F)F)cc4)nc3C(F)(F)F)CC2)no1. The van der Waals surface area contributed by atoms with Crippen LogP contribution in [0.1, 0.15) is 63.2 Å². The summed E-state index contributed by atoms with van der Waals surface area (Å²) in [7, 11) is 0. The number of benzene rings is 1. The Kier molecular flexibility index (Phi) is 7.82. The highest BCUT2D eigenvalue weighted by Crippen LogP contribution is 2.36. The molecule has 0 atom stereocenters. The first-order valence-electron chi connectivity index (χ1n) is 11.5. The first-order chi connectivity index (χ1) is 18.2. The third kappa shape index (κ3) is 6.46. The van der Waals surface area contributed by atoms with E-state index in [-0.39, 0.29) is 35.1 Å². The Hall–Kier alpha value is -3.75. The summed E-state index contributed by atoms with van der Waals surface area (Å²) in [6, 6.07) is 4.74. The van der Waals surface area contributed by atoms with Gasteiger partial charge in [-0.3, -0.25) is 4.79 Å². The lowest BCUT2D eigenvalue weighted by Crippen LogP contribution is -2.39. The van der Waals surface area contributed by atoms with Gasteiger partial charge in [-0.05, 0) is 36.6 Å². The van der Waals surface area contributed by atoms with E-state index < -0.39 is 47.6 Å². The molecule has 8 nitrogen and oxygen atoms in total. The molecule has 3 heterocycles. The Balaban J connectivity index is 1.57. The number of amides is 1. The molecule has 1 amide bonds. The number of nitrogens with zero attached hydrogens (tertiary/aromatic N) is 4. The first kappa shape index (κ1) is 28.3. The molecule has 1 fully saturated rings. The van der Waals surface area contributed by atoms with Crippen LogP contribution in [0.15, 0.2) is 34.9 Å². The molecule has 2 N–H and O–H groups in total. The zero-order valence-electron chi connectivity index (χ0n) is 20.3. The number of thiocarbonyl (C=S) groups is 1. The van der Waals surface area contributed by atoms with Crippen molar-refractivity contribution in [2.75, 3.05) is 13.1 Å². The van der Waals surface area contributed by atoms with Gasteiger partial charge < -0.3 is 19.9 Å². The number of rotatable bonds is 6. The first-order valence-corrected chi connectivity index (χ1v) is 12.0. The molecule has 3 aromatic rings. The van der Waals surface area contributed by atoms with Gasteiger partial charge in [-0.2, -0.15) is 31.3 Å². The van der Waals surface area contributed by atoms with Crippen molar-refractivity contribution < 1.29 is 40.4 Å². The van der Waals surface area contributed by atoms with E-state index in [0.29, 0.717) is 24.6 Å². The van der Waals surface area contributed by atoms with Crippen LogP contribution in [0.4, 0.5) is 26.3 Å². The van der Waals surface area contributed by atoms with Crippen molar-refractivity contribution in [3.63, 3.8) is 0 Å². The van der Waals surface area contributed by atoms with Crippen molar-refractivity contribution in [2.24, 2.45) is 5.73 Å². The minimum Gasteiger partial charge on any atom is -0.472 e. The van der Waals surface area contributed by atoms with E-state index in [0.717, 1.165) is 30.3 Å². The third-order valence-electron chi connectivity index (χ3n) is 6.10. The molecule has 1 aliphatic rings. The minimum atomic E-state index is -5.04. The molecule has 2 aromatic heterocycles. The van der Waals surface area contributed by atoms with Crippen LogP contribution in [0.5, 0.6) is 5.88 Å². The molecule has 1 aliphatic heterocycles. The number of carbonyl (C=O) groups excluding carboxylic acids is 1. The van der Waals surface area contributed by atoms with Crippen LogP contribution in [0.25, 0.3) is 0 Å². The number of pyridine rings is 1. The molecular weight excluding hydrogens is 552 g/mol. The summed E-state index contributed by atoms with van der Waals surface area (Å²) in [4.78, 5) is 21.8. The molecule has 0 aliphatic carbocycles. The third-order valence-corrected chi connectivity index (χ3v) is 6.32. The normalized spacial score (nSPS) is 14.9. The number of likely N-dealkylation sites (tertiary alicyclic amines) is 1. The topological polar surface area (TPSA) is 107 Å². The Morgan fingerprint density at radius 1 is 1.08 bits per heavy atom. The van der Waals surface area contributed by atoms with Gasteiger partial charge in [0.15, 0.2) is 11.5 Å². The van der Waals surface area contributed by atoms with Gasteiger partial charge in [-0.1, -0.05) is 29.5 Å². The highest BCUT2D eigenvalue weighted by molar-refractivity contribution is 7.80. The van der Waals surface area contributed by atoms with Crippen molar-refractivity contribution in [3.05, 3.63) is 70.0 Å². The van der Waals surface area contributed by atoms with Gasteiger partial charge in [0.25, 0.3) is 5.91 Å². The molecule has 0 unspecified atom stereocenters. The van der Waals surface area contributed by atoms with Gasteiger partial charge >= 0.3 is 12.4 Å². The molecule has 4 rings (SSSR count). The average Bonchev–Trinajstić information content (AvgIpc) is 3.32. The number of hydrogen-bond donors (Lipinski definition) is 1. The summed E-state index contributed by atoms with van der Waals surface area (Å²) in [6.45, 7) is 1.50. The van der Waals surface area contributed by atoms with Crippen LogP contribution in [-0.4, -0.2) is 44.0 Å². The van der Waals surface area contributed by atoms with Gasteiger partial charge in [0.1, 0.15) is 11.6 Å². The average molecular weight is 574 g/mol. The molecule has 0 saturated carbocycles. The largest absolute Gasteiger partial charge is 0.472 e. The second-order valence-electron chi connectivity index (χ2n) is 8.82. The van der Waals surface area contributed by atoms with Gasteiger partial charge in [-0.15, -0.1) is 0 Å². The number of hydrogen-bond acceptors (Lipinski definition) is 7. The fourth-order valence-corrected chi connectivity index (χ4v) is 4.24. The van der Waals surface area contributed by atoms with Crippen LogP contribution in [0.2, 0.25) is 0 Å². The van der Waals surface area contributed by atoms with E-state index in [2.05, 4.69) is 15.1 Å². The highest BCUT2D eigenvalue weighted by Gasteiger charge is 2.40. The lowest BCUT2D eigenvalue weighted by atomic mass is 9.95. The number of aryl methyl sites for hydroxylation is 1. The van der Waals surface area contributed by atoms with Crippen LogP contribution in [-0.2, 0) is 19.0 Å². The summed E-state index contributed by atoms with van der Waals surface area (Å²) in [5, 5.41) is 3.87. The van der Waals surface area contributed by atoms with E-state index in [4.69, 9.17) is 27.2 Å². The van der Waals surface area contributed by atoms with Crippen molar-refractivity contribution in [3.8, 4) is 5.88 Å². The zero-order chi connectivity index (χ0) is 28.5. The number of piperidine rings is 1. The lowest BCUT2D eigenvalue weighted by Gasteiger charge is -2.31. The summed E-state index contributed by atoms with van der Waals surface area (Å²) in [6.07, 6.45) is -8.76. The second-order valence-corrected chi connectivity index (χ2v) is 9.26. The summed E-state index contributed by atoms with van der Waals surface area (Å²) < 4.78 is 90.7. The fourth-order valence-electron chi connectivity index (χ4n) is 4.10. The molecule has 15 heteroatoms. The Morgan fingerprint density at radius 2 is 1.72 bits per heavy atom. The molecule has 0 radical (unpaired) electrons. The van der Waals surface area contributed by atoms with Gasteiger partial charge in [0, 0.05) is 25.9 Å². The maximum atomic E-state index is 14.0. The number of aromatic nitrogens is 3. The predicted molar refractivity (Wildman–Crippen MR) is 128 cm³/mol. The maximum Gasteiger partial charge on any atom is 0.434 e. The van der Waals surface area contributed by atoms with Crippen LogP contribution < -0.4 is 10.5 Å². The zero-order valence-corrected chi connectivity index (χ0v) is 21.1. The van der Waals surface area contributed by atoms with Gasteiger partial charge in [0.2, 0.25) is 11.8 Å². The maximum absolute atomic E-state index is 14.0. The van der Waals surface area contributed by atoms with Crippen LogP contribution >= 0.6 is 12.2 Å². The molecule has 1 saturated heterocycles. The van der Waals surface area contributed by atoms with E-state index in [1.54, 1.807) is 6.92 Å². The predicted octanol–water partition coefficient (Wildman–Crippen LogP) is 5.04. The number of ether oxygens (including phenoxy) is 1. The summed E-state index contributed by atoms with van der Waals surface area (Å²) >= 11 is 4.95. The van der Waals surface area contributed by atoms with Crippen LogP contribution in [0.3, 0.4) is 0 Å². The summed E-state index contributed by atoms with van der Waals surface area (Å²) in [5.41, 5.74) is 2.57. The van der Waals surface area contributed by atoms with Crippen molar-refractivity contribution in [1.29, 1.82) is 0 Å². The number of nitrogens with two attached hydrogens (primary N) is 1. The lowest BCUT2D eigenvalue weighted by molar-refractivity contribution is -0.142. The molecule has 0 spiro atoms. The van der Waals surface area contributed by atoms with E-state index >= 15 is 0 Å². The molecule has 0 bridgehead atoms. The summed E-state index contributed by atoms with van der Waals surface area (Å²) in [5.74, 6) is -0.764. The molecule has 39 heavy (non-hydrogen) atoms. The Labute approximate surface area is 223 Å². The van der Waals surface area contributed by atoms with Crippen molar-refractivity contribution in [2.45, 2.75) is 44.6 Å². The number of carbonyl (C=O) groups is 1. The fraction of sp³-hybridized carbons (Fsp3) is 0.375. The molecule has 208 valence electrons. The van der Waals surface area contributed by atoms with Gasteiger partial charge in [-0.25, -0.2) is 4.98 Å². The second kappa shape index (κ2) is 10.8. The molecular formula is C24H21F6N5O3S. The van der Waals surface area contributed by atoms with Gasteiger partial charge in [0.05, 0.1) is 16.7 Å². The Morgan fingerprint density at radius 3 is 2.23 bits per heavy atom. The standard InChI is InChI=1S/C24H21F6N5O3S/c1-12-32-20(34-38-12)14-6-8-35(9-7-14)22(36)16-10-17(19(31)39)21(33-18(16)24(28,29)30)37-11-13-2-4-15(5-3-13)23(25,26)27/h2-5,10,14H,6-9,11H2,1H3,(H2,31,39). The number of alkyl halides is 6. The highest BCUT2D eigenvalue weighted by atomic mass is 32.1. The number of halogens is 6. The Bertz CT molecular complexity index is 1370.